The fraction of sp³-hybridized carbons (Fsp3) is 0.556. The van der Waals surface area contributed by atoms with Crippen LogP contribution in [-0.4, -0.2) is 21.8 Å². The second-order valence-corrected chi connectivity index (χ2v) is 4.09. The number of aromatic nitrogens is 2. The van der Waals surface area contributed by atoms with Crippen molar-refractivity contribution in [3.05, 3.63) is 18.6 Å². The Morgan fingerprint density at radius 3 is 3.00 bits per heavy atom. The van der Waals surface area contributed by atoms with Gasteiger partial charge in [-0.3, -0.25) is 0 Å². The topological polar surface area (TPSA) is 51.8 Å². The van der Waals surface area contributed by atoms with Gasteiger partial charge in [-0.1, -0.05) is 6.92 Å². The maximum atomic E-state index is 5.51. The summed E-state index contributed by atoms with van der Waals surface area (Å²) in [4.78, 5) is 8.04. The molecule has 1 aromatic heterocycles. The van der Waals surface area contributed by atoms with Gasteiger partial charge in [0.2, 0.25) is 0 Å². The number of thioether (sulfide) groups is 1. The van der Waals surface area contributed by atoms with E-state index < -0.39 is 0 Å². The smallest absolute Gasteiger partial charge is 0.116 e. The monoisotopic (exact) mass is 197 g/mol. The van der Waals surface area contributed by atoms with Gasteiger partial charge in [-0.05, 0) is 25.5 Å². The molecule has 0 saturated heterocycles. The molecule has 3 nitrogen and oxygen atoms in total. The van der Waals surface area contributed by atoms with E-state index in [1.54, 1.807) is 24.3 Å². The lowest BCUT2D eigenvalue weighted by Gasteiger charge is -2.11. The summed E-state index contributed by atoms with van der Waals surface area (Å²) < 4.78 is 0. The molecule has 1 rings (SSSR count). The van der Waals surface area contributed by atoms with Crippen molar-refractivity contribution in [2.24, 2.45) is 5.73 Å². The molecule has 0 bridgehead atoms. The summed E-state index contributed by atoms with van der Waals surface area (Å²) in [6, 6.07) is 1.93. The molecule has 1 heterocycles. The molecule has 0 aliphatic carbocycles. The first-order chi connectivity index (χ1) is 6.36. The van der Waals surface area contributed by atoms with E-state index in [1.807, 2.05) is 6.07 Å². The van der Waals surface area contributed by atoms with Crippen molar-refractivity contribution < 1.29 is 0 Å². The quantitative estimate of drug-likeness (QED) is 0.576. The first-order valence-electron chi connectivity index (χ1n) is 4.49. The molecule has 1 unspecified atom stereocenters. The molecule has 1 aromatic rings. The summed E-state index contributed by atoms with van der Waals surface area (Å²) in [6.45, 7) is 2.92. The second-order valence-electron chi connectivity index (χ2n) is 2.77. The normalized spacial score (nSPS) is 12.8. The molecule has 0 aliphatic heterocycles. The van der Waals surface area contributed by atoms with Crippen LogP contribution in [0.15, 0.2) is 23.6 Å². The van der Waals surface area contributed by atoms with Crippen LogP contribution in [0.2, 0.25) is 0 Å². The highest BCUT2D eigenvalue weighted by Crippen LogP contribution is 2.24. The number of nitrogens with two attached hydrogens (primary N) is 1. The van der Waals surface area contributed by atoms with Crippen molar-refractivity contribution >= 4 is 11.8 Å². The van der Waals surface area contributed by atoms with Crippen molar-refractivity contribution in [2.45, 2.75) is 30.0 Å². The van der Waals surface area contributed by atoms with E-state index >= 15 is 0 Å². The standard InChI is InChI=1S/C9H15N3S/c1-2-8(3-5-10)13-9-4-6-11-7-12-9/h4,6-8H,2-3,5,10H2,1H3. The predicted octanol–water partition coefficient (Wildman–Crippen LogP) is 1.70. The zero-order chi connectivity index (χ0) is 9.52. The van der Waals surface area contributed by atoms with Gasteiger partial charge in [0, 0.05) is 11.4 Å². The van der Waals surface area contributed by atoms with Crippen LogP contribution in [0.25, 0.3) is 0 Å². The Bertz CT molecular complexity index is 228. The summed E-state index contributed by atoms with van der Waals surface area (Å²) in [6.07, 6.45) is 5.53. The molecule has 1 atom stereocenters. The van der Waals surface area contributed by atoms with Gasteiger partial charge in [0.05, 0.1) is 5.03 Å². The SMILES string of the molecule is CCC(CCN)Sc1ccncn1. The first kappa shape index (κ1) is 10.5. The molecule has 13 heavy (non-hydrogen) atoms. The third-order valence-electron chi connectivity index (χ3n) is 1.79. The first-order valence-corrected chi connectivity index (χ1v) is 5.37. The molecule has 0 fully saturated rings. The van der Waals surface area contributed by atoms with Crippen molar-refractivity contribution in [3.63, 3.8) is 0 Å². The number of rotatable bonds is 5. The number of hydrogen-bond donors (Lipinski definition) is 1. The molecule has 2 N–H and O–H groups in total. The molecular weight excluding hydrogens is 182 g/mol. The van der Waals surface area contributed by atoms with Gasteiger partial charge >= 0.3 is 0 Å². The summed E-state index contributed by atoms with van der Waals surface area (Å²) in [5.74, 6) is 0. The highest BCUT2D eigenvalue weighted by Gasteiger charge is 2.07. The van der Waals surface area contributed by atoms with Gasteiger partial charge in [0.25, 0.3) is 0 Å². The Hall–Kier alpha value is -0.610. The zero-order valence-corrected chi connectivity index (χ0v) is 8.63. The van der Waals surface area contributed by atoms with Crippen LogP contribution in [-0.2, 0) is 0 Å². The Morgan fingerprint density at radius 2 is 2.46 bits per heavy atom. The van der Waals surface area contributed by atoms with Crippen molar-refractivity contribution in [1.82, 2.24) is 9.97 Å². The minimum atomic E-state index is 0.583. The lowest BCUT2D eigenvalue weighted by Crippen LogP contribution is -2.09. The Kier molecular flexibility index (Phi) is 4.78. The summed E-state index contributed by atoms with van der Waals surface area (Å²) >= 11 is 1.78. The van der Waals surface area contributed by atoms with Crippen LogP contribution in [0.5, 0.6) is 0 Å². The largest absolute Gasteiger partial charge is 0.330 e. The van der Waals surface area contributed by atoms with Crippen LogP contribution in [0.4, 0.5) is 0 Å². The molecule has 72 valence electrons. The van der Waals surface area contributed by atoms with E-state index in [0.29, 0.717) is 5.25 Å². The zero-order valence-electron chi connectivity index (χ0n) is 7.81. The molecule has 0 saturated carbocycles. The predicted molar refractivity (Wildman–Crippen MR) is 55.6 cm³/mol. The molecule has 0 aromatic carbocycles. The van der Waals surface area contributed by atoms with Crippen molar-refractivity contribution in [1.29, 1.82) is 0 Å². The average Bonchev–Trinajstić information content (AvgIpc) is 2.19. The second kappa shape index (κ2) is 5.94. The van der Waals surface area contributed by atoms with E-state index in [4.69, 9.17) is 5.73 Å². The van der Waals surface area contributed by atoms with Crippen LogP contribution in [0.3, 0.4) is 0 Å². The highest BCUT2D eigenvalue weighted by atomic mass is 32.2. The molecular formula is C9H15N3S. The Balaban J connectivity index is 2.46. The van der Waals surface area contributed by atoms with E-state index in [0.717, 1.165) is 24.4 Å². The van der Waals surface area contributed by atoms with E-state index in [9.17, 15) is 0 Å². The average molecular weight is 197 g/mol. The van der Waals surface area contributed by atoms with E-state index in [2.05, 4.69) is 16.9 Å². The van der Waals surface area contributed by atoms with Gasteiger partial charge in [0.1, 0.15) is 6.33 Å². The van der Waals surface area contributed by atoms with Gasteiger partial charge in [-0.15, -0.1) is 11.8 Å². The molecule has 4 heteroatoms. The Morgan fingerprint density at radius 1 is 1.62 bits per heavy atom. The number of hydrogen-bond acceptors (Lipinski definition) is 4. The van der Waals surface area contributed by atoms with E-state index in [-0.39, 0.29) is 0 Å². The third kappa shape index (κ3) is 3.74. The maximum Gasteiger partial charge on any atom is 0.116 e. The van der Waals surface area contributed by atoms with Gasteiger partial charge in [-0.25, -0.2) is 9.97 Å². The minimum Gasteiger partial charge on any atom is -0.330 e. The molecule has 0 radical (unpaired) electrons. The van der Waals surface area contributed by atoms with Crippen molar-refractivity contribution in [2.75, 3.05) is 6.54 Å². The van der Waals surface area contributed by atoms with E-state index in [1.165, 1.54) is 0 Å². The minimum absolute atomic E-state index is 0.583. The van der Waals surface area contributed by atoms with Gasteiger partial charge < -0.3 is 5.73 Å². The van der Waals surface area contributed by atoms with Gasteiger partial charge in [-0.2, -0.15) is 0 Å². The summed E-state index contributed by atoms with van der Waals surface area (Å²) in [5.41, 5.74) is 5.51. The molecule has 0 aliphatic rings. The van der Waals surface area contributed by atoms with Crippen molar-refractivity contribution in [3.8, 4) is 0 Å². The summed E-state index contributed by atoms with van der Waals surface area (Å²) in [5, 5.41) is 1.62. The van der Waals surface area contributed by atoms with Crippen LogP contribution in [0.1, 0.15) is 19.8 Å². The summed E-state index contributed by atoms with van der Waals surface area (Å²) in [7, 11) is 0. The fourth-order valence-corrected chi connectivity index (χ4v) is 2.06. The molecule has 0 amide bonds. The lowest BCUT2D eigenvalue weighted by atomic mass is 10.2. The van der Waals surface area contributed by atoms with Crippen LogP contribution in [0, 0.1) is 0 Å². The third-order valence-corrected chi connectivity index (χ3v) is 3.17. The maximum absolute atomic E-state index is 5.51. The Labute approximate surface area is 83.2 Å². The van der Waals surface area contributed by atoms with Crippen LogP contribution < -0.4 is 5.73 Å². The molecule has 0 spiro atoms. The van der Waals surface area contributed by atoms with Crippen LogP contribution >= 0.6 is 11.8 Å². The highest BCUT2D eigenvalue weighted by molar-refractivity contribution is 7.99. The fourth-order valence-electron chi connectivity index (χ4n) is 1.05. The lowest BCUT2D eigenvalue weighted by molar-refractivity contribution is 0.743. The van der Waals surface area contributed by atoms with Gasteiger partial charge in [0.15, 0.2) is 0 Å². The number of nitrogens with zero attached hydrogens (tertiary/aromatic N) is 2.